The normalized spacial score (nSPS) is 28.3. The van der Waals surface area contributed by atoms with E-state index in [2.05, 4.69) is 31.4 Å². The lowest BCUT2D eigenvalue weighted by Crippen LogP contribution is -2.57. The minimum absolute atomic E-state index is 0.0430. The SMILES string of the molecule is CCOCCNC(=O)CNC1(CO)CC(C)CC(C)(C)C1. The van der Waals surface area contributed by atoms with Gasteiger partial charge in [0.05, 0.1) is 19.8 Å². The molecule has 1 rings (SSSR count). The van der Waals surface area contributed by atoms with E-state index in [1.54, 1.807) is 0 Å². The molecule has 5 nitrogen and oxygen atoms in total. The Morgan fingerprint density at radius 2 is 2.10 bits per heavy atom. The molecular weight excluding hydrogens is 268 g/mol. The van der Waals surface area contributed by atoms with Crippen LogP contribution in [0.4, 0.5) is 0 Å². The molecule has 5 heteroatoms. The maximum Gasteiger partial charge on any atom is 0.234 e. The van der Waals surface area contributed by atoms with Crippen molar-refractivity contribution in [3.63, 3.8) is 0 Å². The summed E-state index contributed by atoms with van der Waals surface area (Å²) in [5.74, 6) is 0.507. The van der Waals surface area contributed by atoms with Gasteiger partial charge in [0.15, 0.2) is 0 Å². The molecule has 1 fully saturated rings. The molecule has 1 saturated carbocycles. The molecule has 0 aromatic carbocycles. The van der Waals surface area contributed by atoms with Gasteiger partial charge < -0.3 is 20.5 Å². The number of aliphatic hydroxyl groups is 1. The number of nitrogens with one attached hydrogen (secondary N) is 2. The third kappa shape index (κ3) is 6.32. The van der Waals surface area contributed by atoms with Crippen LogP contribution < -0.4 is 10.6 Å². The summed E-state index contributed by atoms with van der Waals surface area (Å²) < 4.78 is 5.19. The number of rotatable bonds is 8. The lowest BCUT2D eigenvalue weighted by Gasteiger charge is -2.47. The average Bonchev–Trinajstić information content (AvgIpc) is 2.39. The number of ether oxygens (including phenoxy) is 1. The first-order valence-corrected chi connectivity index (χ1v) is 8.03. The molecule has 0 radical (unpaired) electrons. The van der Waals surface area contributed by atoms with Crippen molar-refractivity contribution in [1.29, 1.82) is 0 Å². The van der Waals surface area contributed by atoms with Crippen molar-refractivity contribution < 1.29 is 14.6 Å². The lowest BCUT2D eigenvalue weighted by atomic mass is 9.64. The Bertz CT molecular complexity index is 333. The summed E-state index contributed by atoms with van der Waals surface area (Å²) in [4.78, 5) is 11.8. The van der Waals surface area contributed by atoms with Crippen LogP contribution in [0.15, 0.2) is 0 Å². The van der Waals surface area contributed by atoms with Crippen LogP contribution >= 0.6 is 0 Å². The van der Waals surface area contributed by atoms with Crippen molar-refractivity contribution in [3.8, 4) is 0 Å². The minimum Gasteiger partial charge on any atom is -0.394 e. The van der Waals surface area contributed by atoms with Gasteiger partial charge in [-0.2, -0.15) is 0 Å². The van der Waals surface area contributed by atoms with Crippen molar-refractivity contribution in [1.82, 2.24) is 10.6 Å². The number of aliphatic hydroxyl groups excluding tert-OH is 1. The van der Waals surface area contributed by atoms with Crippen LogP contribution in [0.1, 0.15) is 47.0 Å². The molecule has 124 valence electrons. The maximum absolute atomic E-state index is 11.8. The second-order valence-electron chi connectivity index (χ2n) is 7.19. The number of hydrogen-bond acceptors (Lipinski definition) is 4. The number of carbonyl (C=O) groups excluding carboxylic acids is 1. The van der Waals surface area contributed by atoms with Gasteiger partial charge in [-0.1, -0.05) is 20.8 Å². The Balaban J connectivity index is 2.44. The van der Waals surface area contributed by atoms with Crippen molar-refractivity contribution in [3.05, 3.63) is 0 Å². The molecule has 0 spiro atoms. The van der Waals surface area contributed by atoms with Crippen LogP contribution in [0.2, 0.25) is 0 Å². The van der Waals surface area contributed by atoms with E-state index >= 15 is 0 Å². The summed E-state index contributed by atoms with van der Waals surface area (Å²) in [6.45, 7) is 10.7. The van der Waals surface area contributed by atoms with Crippen LogP contribution in [0.5, 0.6) is 0 Å². The number of carbonyl (C=O) groups is 1. The van der Waals surface area contributed by atoms with Gasteiger partial charge in [-0.3, -0.25) is 4.79 Å². The van der Waals surface area contributed by atoms with E-state index in [0.29, 0.717) is 25.7 Å². The largest absolute Gasteiger partial charge is 0.394 e. The van der Waals surface area contributed by atoms with Crippen molar-refractivity contribution in [2.75, 3.05) is 32.9 Å². The third-order valence-electron chi connectivity index (χ3n) is 4.16. The van der Waals surface area contributed by atoms with Gasteiger partial charge in [0.25, 0.3) is 0 Å². The molecule has 0 bridgehead atoms. The Morgan fingerprint density at radius 1 is 1.38 bits per heavy atom. The Labute approximate surface area is 128 Å². The van der Waals surface area contributed by atoms with E-state index in [0.717, 1.165) is 19.3 Å². The maximum atomic E-state index is 11.8. The zero-order chi connectivity index (χ0) is 15.9. The Morgan fingerprint density at radius 3 is 2.67 bits per heavy atom. The molecule has 0 heterocycles. The standard InChI is InChI=1S/C16H32N2O3/c1-5-21-7-6-17-14(20)10-18-16(12-19)9-13(2)8-15(3,4)11-16/h13,18-19H,5-12H2,1-4H3,(H,17,20). The second-order valence-corrected chi connectivity index (χ2v) is 7.19. The second kappa shape index (κ2) is 8.11. The smallest absolute Gasteiger partial charge is 0.234 e. The fourth-order valence-corrected chi connectivity index (χ4v) is 3.79. The summed E-state index contributed by atoms with van der Waals surface area (Å²) >= 11 is 0. The quantitative estimate of drug-likeness (QED) is 0.591. The molecule has 0 aliphatic heterocycles. The highest BCUT2D eigenvalue weighted by atomic mass is 16.5. The van der Waals surface area contributed by atoms with Crippen LogP contribution in [-0.4, -0.2) is 49.5 Å². The van der Waals surface area contributed by atoms with E-state index < -0.39 is 0 Å². The van der Waals surface area contributed by atoms with Crippen LogP contribution in [0, 0.1) is 11.3 Å². The molecule has 21 heavy (non-hydrogen) atoms. The van der Waals surface area contributed by atoms with Crippen molar-refractivity contribution >= 4 is 5.91 Å². The summed E-state index contributed by atoms with van der Waals surface area (Å²) in [5.41, 5.74) is -0.142. The van der Waals surface area contributed by atoms with Gasteiger partial charge in [0.2, 0.25) is 5.91 Å². The molecule has 3 N–H and O–H groups in total. The van der Waals surface area contributed by atoms with Gasteiger partial charge in [-0.25, -0.2) is 0 Å². The molecule has 0 aromatic heterocycles. The van der Waals surface area contributed by atoms with Gasteiger partial charge in [0.1, 0.15) is 0 Å². The average molecular weight is 300 g/mol. The highest BCUT2D eigenvalue weighted by Gasteiger charge is 2.42. The topological polar surface area (TPSA) is 70.6 Å². The van der Waals surface area contributed by atoms with Crippen molar-refractivity contribution in [2.24, 2.45) is 11.3 Å². The molecule has 0 saturated heterocycles. The van der Waals surface area contributed by atoms with E-state index in [1.807, 2.05) is 6.92 Å². The van der Waals surface area contributed by atoms with Gasteiger partial charge in [-0.15, -0.1) is 0 Å². The first-order valence-electron chi connectivity index (χ1n) is 8.03. The predicted octanol–water partition coefficient (Wildman–Crippen LogP) is 1.31. The van der Waals surface area contributed by atoms with Gasteiger partial charge >= 0.3 is 0 Å². The van der Waals surface area contributed by atoms with Crippen molar-refractivity contribution in [2.45, 2.75) is 52.5 Å². The van der Waals surface area contributed by atoms with Crippen LogP contribution in [0.3, 0.4) is 0 Å². The Kier molecular flexibility index (Phi) is 7.10. The zero-order valence-corrected chi connectivity index (χ0v) is 14.0. The van der Waals surface area contributed by atoms with Gasteiger partial charge in [-0.05, 0) is 37.5 Å². The summed E-state index contributed by atoms with van der Waals surface area (Å²) in [6, 6.07) is 0. The summed E-state index contributed by atoms with van der Waals surface area (Å²) in [7, 11) is 0. The van der Waals surface area contributed by atoms with E-state index in [-0.39, 0.29) is 30.0 Å². The van der Waals surface area contributed by atoms with Crippen LogP contribution in [0.25, 0.3) is 0 Å². The molecule has 1 aliphatic rings. The van der Waals surface area contributed by atoms with E-state index in [9.17, 15) is 9.90 Å². The fraction of sp³-hybridized carbons (Fsp3) is 0.938. The fourth-order valence-electron chi connectivity index (χ4n) is 3.79. The Hall–Kier alpha value is -0.650. The van der Waals surface area contributed by atoms with Crippen LogP contribution in [-0.2, 0) is 9.53 Å². The van der Waals surface area contributed by atoms with E-state index in [1.165, 1.54) is 0 Å². The highest BCUT2D eigenvalue weighted by Crippen LogP contribution is 2.43. The molecule has 1 amide bonds. The molecule has 1 aliphatic carbocycles. The first kappa shape index (κ1) is 18.4. The molecule has 0 aromatic rings. The lowest BCUT2D eigenvalue weighted by molar-refractivity contribution is -0.121. The summed E-state index contributed by atoms with van der Waals surface area (Å²) in [5, 5.41) is 16.0. The predicted molar refractivity (Wildman–Crippen MR) is 84.1 cm³/mol. The third-order valence-corrected chi connectivity index (χ3v) is 4.16. The van der Waals surface area contributed by atoms with E-state index in [4.69, 9.17) is 4.74 Å². The monoisotopic (exact) mass is 300 g/mol. The molecule has 2 atom stereocenters. The minimum atomic E-state index is -0.335. The molecule has 2 unspecified atom stereocenters. The molecular formula is C16H32N2O3. The first-order chi connectivity index (χ1) is 9.82. The van der Waals surface area contributed by atoms with Gasteiger partial charge in [0, 0.05) is 18.7 Å². The highest BCUT2D eigenvalue weighted by molar-refractivity contribution is 5.78. The number of amides is 1. The number of hydrogen-bond donors (Lipinski definition) is 3. The summed E-state index contributed by atoms with van der Waals surface area (Å²) in [6.07, 6.45) is 2.98. The zero-order valence-electron chi connectivity index (χ0n) is 14.0.